The van der Waals surface area contributed by atoms with Crippen LogP contribution in [0.3, 0.4) is 0 Å². The molecule has 2 aromatic rings. The van der Waals surface area contributed by atoms with Gasteiger partial charge in [0.15, 0.2) is 0 Å². The normalized spacial score (nSPS) is 16.0. The summed E-state index contributed by atoms with van der Waals surface area (Å²) in [5.41, 5.74) is 6.94. The minimum Gasteiger partial charge on any atom is -0.302 e. The molecule has 1 aromatic carbocycles. The van der Waals surface area contributed by atoms with E-state index in [0.29, 0.717) is 0 Å². The first-order valence-electron chi connectivity index (χ1n) is 7.69. The number of hydrogen-bond donors (Lipinski definition) is 0. The quantitative estimate of drug-likeness (QED) is 0.800. The number of aryl methyl sites for hydroxylation is 1. The lowest BCUT2D eigenvalue weighted by molar-refractivity contribution is 0.313. The zero-order valence-electron chi connectivity index (χ0n) is 13.8. The van der Waals surface area contributed by atoms with Crippen LogP contribution in [-0.2, 0) is 25.4 Å². The third kappa shape index (κ3) is 2.75. The van der Waals surface area contributed by atoms with Crippen LogP contribution in [0.5, 0.6) is 0 Å². The van der Waals surface area contributed by atoms with Gasteiger partial charge < -0.3 is 4.90 Å². The highest BCUT2D eigenvalue weighted by Gasteiger charge is 2.23. The average Bonchev–Trinajstić information content (AvgIpc) is 2.82. The molecule has 3 rings (SSSR count). The molecule has 3 nitrogen and oxygen atoms in total. The Morgan fingerprint density at radius 1 is 1.14 bits per heavy atom. The number of aromatic nitrogens is 2. The van der Waals surface area contributed by atoms with E-state index in [0.717, 1.165) is 25.2 Å². The predicted molar refractivity (Wildman–Crippen MR) is 87.4 cm³/mol. The Morgan fingerprint density at radius 3 is 2.52 bits per heavy atom. The molecule has 0 atom stereocenters. The van der Waals surface area contributed by atoms with Gasteiger partial charge in [-0.25, -0.2) is 0 Å². The number of nitrogens with zero attached hydrogens (tertiary/aromatic N) is 3. The van der Waals surface area contributed by atoms with E-state index in [-0.39, 0.29) is 5.41 Å². The summed E-state index contributed by atoms with van der Waals surface area (Å²) in [6.45, 7) is 9.01. The summed E-state index contributed by atoms with van der Waals surface area (Å²) in [6.07, 6.45) is 3.14. The Hall–Kier alpha value is -1.61. The van der Waals surface area contributed by atoms with Gasteiger partial charge >= 0.3 is 0 Å². The Labute approximate surface area is 127 Å². The van der Waals surface area contributed by atoms with Gasteiger partial charge in [0.2, 0.25) is 0 Å². The van der Waals surface area contributed by atoms with Gasteiger partial charge in [-0.2, -0.15) is 5.10 Å². The number of hydrogen-bond acceptors (Lipinski definition) is 2. The van der Waals surface area contributed by atoms with Crippen LogP contribution in [-0.4, -0.2) is 28.3 Å². The summed E-state index contributed by atoms with van der Waals surface area (Å²) in [6, 6.07) is 6.88. The summed E-state index contributed by atoms with van der Waals surface area (Å²) in [5, 5.41) is 4.63. The second-order valence-electron chi connectivity index (χ2n) is 7.27. The average molecular weight is 283 g/mol. The molecule has 0 aliphatic carbocycles. The lowest BCUT2D eigenvalue weighted by Gasteiger charge is -2.30. The first-order chi connectivity index (χ1) is 9.84. The van der Waals surface area contributed by atoms with E-state index in [9.17, 15) is 0 Å². The van der Waals surface area contributed by atoms with Gasteiger partial charge in [-0.15, -0.1) is 0 Å². The van der Waals surface area contributed by atoms with Crippen LogP contribution >= 0.6 is 0 Å². The molecule has 112 valence electrons. The van der Waals surface area contributed by atoms with Crippen molar-refractivity contribution < 1.29 is 0 Å². The van der Waals surface area contributed by atoms with E-state index in [2.05, 4.69) is 56.0 Å². The largest absolute Gasteiger partial charge is 0.302 e. The highest BCUT2D eigenvalue weighted by atomic mass is 15.2. The van der Waals surface area contributed by atoms with Gasteiger partial charge in [-0.1, -0.05) is 26.8 Å². The first kappa shape index (κ1) is 14.3. The minimum atomic E-state index is 0.161. The van der Waals surface area contributed by atoms with Gasteiger partial charge in [0, 0.05) is 31.9 Å². The van der Waals surface area contributed by atoms with Crippen molar-refractivity contribution in [2.24, 2.45) is 7.05 Å². The highest BCUT2D eigenvalue weighted by molar-refractivity contribution is 5.67. The molecule has 2 heterocycles. The standard InChI is InChI=1S/C18H25N3/c1-18(2,3)14-10-13-12-20(4)8-6-15(13)16(11-14)17-7-9-21(5)19-17/h7,9-11H,6,8,12H2,1-5H3. The van der Waals surface area contributed by atoms with Gasteiger partial charge in [-0.05, 0) is 47.7 Å². The van der Waals surface area contributed by atoms with E-state index in [4.69, 9.17) is 0 Å². The molecule has 1 aliphatic rings. The molecule has 3 heteroatoms. The second kappa shape index (κ2) is 4.99. The SMILES string of the molecule is CN1CCc2c(cc(C(C)(C)C)cc2-c2ccn(C)n2)C1. The third-order valence-corrected chi connectivity index (χ3v) is 4.38. The monoisotopic (exact) mass is 283 g/mol. The number of benzene rings is 1. The van der Waals surface area contributed by atoms with E-state index in [1.807, 2.05) is 17.9 Å². The van der Waals surface area contributed by atoms with Gasteiger partial charge in [0.05, 0.1) is 5.69 Å². The van der Waals surface area contributed by atoms with E-state index in [1.54, 1.807) is 0 Å². The van der Waals surface area contributed by atoms with E-state index < -0.39 is 0 Å². The van der Waals surface area contributed by atoms with Crippen molar-refractivity contribution in [2.45, 2.75) is 39.2 Å². The van der Waals surface area contributed by atoms with Gasteiger partial charge in [0.1, 0.15) is 0 Å². The molecular weight excluding hydrogens is 258 g/mol. The number of likely N-dealkylation sites (N-methyl/N-ethyl adjacent to an activating group) is 1. The second-order valence-corrected chi connectivity index (χ2v) is 7.27. The molecule has 0 spiro atoms. The maximum Gasteiger partial charge on any atom is 0.0926 e. The van der Waals surface area contributed by atoms with Crippen molar-refractivity contribution in [3.8, 4) is 11.3 Å². The summed E-state index contributed by atoms with van der Waals surface area (Å²) in [7, 11) is 4.18. The molecule has 0 amide bonds. The third-order valence-electron chi connectivity index (χ3n) is 4.38. The van der Waals surface area contributed by atoms with Crippen molar-refractivity contribution in [3.05, 3.63) is 41.1 Å². The van der Waals surface area contributed by atoms with Crippen molar-refractivity contribution in [1.29, 1.82) is 0 Å². The smallest absolute Gasteiger partial charge is 0.0926 e. The Bertz CT molecular complexity index is 662. The van der Waals surface area contributed by atoms with Crippen LogP contribution in [0.4, 0.5) is 0 Å². The van der Waals surface area contributed by atoms with Crippen LogP contribution in [0, 0.1) is 0 Å². The predicted octanol–water partition coefficient (Wildman–Crippen LogP) is 3.37. The molecule has 0 saturated heterocycles. The van der Waals surface area contributed by atoms with Crippen molar-refractivity contribution >= 4 is 0 Å². The molecule has 0 saturated carbocycles. The Kier molecular flexibility index (Phi) is 3.40. The van der Waals surface area contributed by atoms with Crippen molar-refractivity contribution in [1.82, 2.24) is 14.7 Å². The van der Waals surface area contributed by atoms with Gasteiger partial charge in [-0.3, -0.25) is 4.68 Å². The lowest BCUT2D eigenvalue weighted by atomic mass is 9.81. The molecule has 0 fully saturated rings. The maximum absolute atomic E-state index is 4.63. The van der Waals surface area contributed by atoms with Gasteiger partial charge in [0.25, 0.3) is 0 Å². The van der Waals surface area contributed by atoms with Crippen molar-refractivity contribution in [3.63, 3.8) is 0 Å². The summed E-state index contributed by atoms with van der Waals surface area (Å²) in [4.78, 5) is 2.40. The van der Waals surface area contributed by atoms with Crippen LogP contribution in [0.2, 0.25) is 0 Å². The molecule has 0 bridgehead atoms. The van der Waals surface area contributed by atoms with Crippen LogP contribution in [0.15, 0.2) is 24.4 Å². The maximum atomic E-state index is 4.63. The molecule has 1 aromatic heterocycles. The van der Waals surface area contributed by atoms with Crippen LogP contribution in [0.25, 0.3) is 11.3 Å². The Morgan fingerprint density at radius 2 is 1.90 bits per heavy atom. The van der Waals surface area contributed by atoms with Crippen molar-refractivity contribution in [2.75, 3.05) is 13.6 Å². The zero-order chi connectivity index (χ0) is 15.2. The Balaban J connectivity index is 2.19. The molecule has 0 N–H and O–H groups in total. The molecular formula is C18H25N3. The summed E-state index contributed by atoms with van der Waals surface area (Å²) >= 11 is 0. The fourth-order valence-corrected chi connectivity index (χ4v) is 3.06. The first-order valence-corrected chi connectivity index (χ1v) is 7.69. The van der Waals surface area contributed by atoms with E-state index >= 15 is 0 Å². The summed E-state index contributed by atoms with van der Waals surface area (Å²) < 4.78 is 1.89. The minimum absolute atomic E-state index is 0.161. The number of rotatable bonds is 1. The van der Waals surface area contributed by atoms with E-state index in [1.165, 1.54) is 22.3 Å². The fourth-order valence-electron chi connectivity index (χ4n) is 3.06. The molecule has 1 aliphatic heterocycles. The topological polar surface area (TPSA) is 21.1 Å². The molecule has 0 unspecified atom stereocenters. The molecule has 0 radical (unpaired) electrons. The number of fused-ring (bicyclic) bond motifs is 1. The zero-order valence-corrected chi connectivity index (χ0v) is 13.8. The lowest BCUT2D eigenvalue weighted by Crippen LogP contribution is -2.27. The van der Waals surface area contributed by atoms with Crippen LogP contribution < -0.4 is 0 Å². The summed E-state index contributed by atoms with van der Waals surface area (Å²) in [5.74, 6) is 0. The highest BCUT2D eigenvalue weighted by Crippen LogP contribution is 2.34. The van der Waals surface area contributed by atoms with Crippen LogP contribution in [0.1, 0.15) is 37.5 Å². The fraction of sp³-hybridized carbons (Fsp3) is 0.500. The molecule has 21 heavy (non-hydrogen) atoms.